The number of aryl methyl sites for hydroxylation is 3. The van der Waals surface area contributed by atoms with E-state index in [9.17, 15) is 25.3 Å². The number of rotatable bonds is 11. The lowest BCUT2D eigenvalue weighted by atomic mass is 9.98. The topological polar surface area (TPSA) is 167 Å². The highest BCUT2D eigenvalue weighted by Crippen LogP contribution is 2.32. The van der Waals surface area contributed by atoms with E-state index in [1.54, 1.807) is 57.2 Å². The van der Waals surface area contributed by atoms with Gasteiger partial charge in [-0.15, -0.1) is 0 Å². The van der Waals surface area contributed by atoms with Crippen LogP contribution in [-0.2, 0) is 61.9 Å². The van der Waals surface area contributed by atoms with Gasteiger partial charge in [-0.1, -0.05) is 53.1 Å². The summed E-state index contributed by atoms with van der Waals surface area (Å²) in [5, 5.41) is 0. The van der Waals surface area contributed by atoms with Gasteiger partial charge >= 0.3 is 0 Å². The molecule has 46 heavy (non-hydrogen) atoms. The van der Waals surface area contributed by atoms with E-state index in [0.717, 1.165) is 16.7 Å². The Bertz CT molecular complexity index is 1710. The van der Waals surface area contributed by atoms with Gasteiger partial charge in [0.15, 0.2) is 0 Å². The molecule has 0 amide bonds. The Morgan fingerprint density at radius 1 is 0.543 bits per heavy atom. The lowest BCUT2D eigenvalue weighted by Crippen LogP contribution is -2.59. The molecule has 2 fully saturated rings. The van der Waals surface area contributed by atoms with Crippen molar-refractivity contribution >= 4 is 30.4 Å². The Kier molecular flexibility index (Phi) is 10.6. The third kappa shape index (κ3) is 8.20. The second-order valence-corrected chi connectivity index (χ2v) is 15.6. The second kappa shape index (κ2) is 14.1. The molecule has 0 saturated carbocycles. The zero-order valence-corrected chi connectivity index (χ0v) is 27.6. The number of hydrogen-bond donors (Lipinski definition) is 0. The van der Waals surface area contributed by atoms with Crippen molar-refractivity contribution in [3.05, 3.63) is 89.5 Å². The molecule has 3 aromatic carbocycles. The summed E-state index contributed by atoms with van der Waals surface area (Å²) in [7, 11) is -13.4. The first kappa shape index (κ1) is 34.6. The summed E-state index contributed by atoms with van der Waals surface area (Å²) in [5.41, 5.74) is 2.43. The Morgan fingerprint density at radius 3 is 1.22 bits per heavy atom. The highest BCUT2D eigenvalue weighted by molar-refractivity contribution is 7.87. The van der Waals surface area contributed by atoms with Gasteiger partial charge in [-0.25, -0.2) is 0 Å². The largest absolute Gasteiger partial charge is 0.353 e. The molecule has 16 heteroatoms. The van der Waals surface area contributed by atoms with Crippen LogP contribution in [0.3, 0.4) is 0 Å². The maximum absolute atomic E-state index is 13.6. The number of benzene rings is 3. The molecule has 3 aromatic rings. The van der Waals surface area contributed by atoms with Crippen molar-refractivity contribution in [3.63, 3.8) is 0 Å². The second-order valence-electron chi connectivity index (χ2n) is 10.9. The zero-order chi connectivity index (χ0) is 33.1. The van der Waals surface area contributed by atoms with Gasteiger partial charge in [-0.2, -0.15) is 25.3 Å². The molecule has 0 N–H and O–H groups in total. The van der Waals surface area contributed by atoms with Gasteiger partial charge in [-0.05, 0) is 57.2 Å². The molecule has 2 heterocycles. The summed E-state index contributed by atoms with van der Waals surface area (Å²) in [6.07, 6.45) is -7.52. The van der Waals surface area contributed by atoms with Crippen LogP contribution >= 0.6 is 0 Å². The van der Waals surface area contributed by atoms with E-state index in [2.05, 4.69) is 0 Å². The third-order valence-electron chi connectivity index (χ3n) is 7.30. The summed E-state index contributed by atoms with van der Waals surface area (Å²) in [5.74, 6) is 0. The average molecular weight is 699 g/mol. The summed E-state index contributed by atoms with van der Waals surface area (Å²) < 4.78 is 119. The van der Waals surface area contributed by atoms with E-state index in [1.807, 2.05) is 0 Å². The lowest BCUT2D eigenvalue weighted by molar-refractivity contribution is -0.257. The van der Waals surface area contributed by atoms with Crippen molar-refractivity contribution in [1.82, 2.24) is 0 Å². The monoisotopic (exact) mass is 698 g/mol. The summed E-state index contributed by atoms with van der Waals surface area (Å²) >= 11 is 0. The Balaban J connectivity index is 1.51. The van der Waals surface area contributed by atoms with Crippen LogP contribution in [0.5, 0.6) is 0 Å². The van der Waals surface area contributed by atoms with Crippen LogP contribution in [0.25, 0.3) is 0 Å². The molecule has 2 aliphatic rings. The first-order valence-electron chi connectivity index (χ1n) is 14.1. The molecule has 2 aliphatic heterocycles. The maximum Gasteiger partial charge on any atom is 0.297 e. The van der Waals surface area contributed by atoms with Crippen molar-refractivity contribution in [1.29, 1.82) is 0 Å². The summed E-state index contributed by atoms with van der Waals surface area (Å²) in [4.78, 5) is -0.517. The van der Waals surface area contributed by atoms with E-state index in [4.69, 9.17) is 31.5 Å². The molecule has 0 aliphatic carbocycles. The fraction of sp³-hybridized carbons (Fsp3) is 0.400. The van der Waals surface area contributed by atoms with Gasteiger partial charge < -0.3 is 18.9 Å². The predicted molar refractivity (Wildman–Crippen MR) is 161 cm³/mol. The van der Waals surface area contributed by atoms with Crippen molar-refractivity contribution in [2.75, 3.05) is 26.8 Å². The minimum absolute atomic E-state index is 0.153. The predicted octanol–water partition coefficient (Wildman–Crippen LogP) is 2.98. The van der Waals surface area contributed by atoms with Crippen LogP contribution in [-0.4, -0.2) is 82.6 Å². The van der Waals surface area contributed by atoms with Gasteiger partial charge in [0, 0.05) is 0 Å². The normalized spacial score (nSPS) is 23.5. The van der Waals surface area contributed by atoms with E-state index >= 15 is 0 Å². The van der Waals surface area contributed by atoms with Crippen LogP contribution in [0, 0.1) is 20.8 Å². The number of ether oxygens (including phenoxy) is 4. The molecule has 5 rings (SSSR count). The molecule has 5 atom stereocenters. The average Bonchev–Trinajstić information content (AvgIpc) is 3.01. The maximum atomic E-state index is 13.6. The Labute approximate surface area is 268 Å². The summed E-state index contributed by atoms with van der Waals surface area (Å²) in [6, 6.07) is 17.6. The Morgan fingerprint density at radius 2 is 0.870 bits per heavy atom. The zero-order valence-electron chi connectivity index (χ0n) is 25.2. The van der Waals surface area contributed by atoms with Crippen LogP contribution in [0.15, 0.2) is 87.5 Å². The van der Waals surface area contributed by atoms with Gasteiger partial charge in [0.05, 0.1) is 27.9 Å². The van der Waals surface area contributed by atoms with E-state index < -0.39 is 60.9 Å². The van der Waals surface area contributed by atoms with Crippen LogP contribution in [0.4, 0.5) is 0 Å². The van der Waals surface area contributed by atoms with E-state index in [0.29, 0.717) is 0 Å². The van der Waals surface area contributed by atoms with Gasteiger partial charge in [0.25, 0.3) is 30.4 Å². The van der Waals surface area contributed by atoms with Gasteiger partial charge in [0.2, 0.25) is 0 Å². The van der Waals surface area contributed by atoms with Crippen molar-refractivity contribution in [3.8, 4) is 0 Å². The molecule has 0 spiro atoms. The van der Waals surface area contributed by atoms with E-state index in [1.165, 1.54) is 36.4 Å². The van der Waals surface area contributed by atoms with E-state index in [-0.39, 0.29) is 41.5 Å². The fourth-order valence-electron chi connectivity index (χ4n) is 4.81. The van der Waals surface area contributed by atoms with Crippen molar-refractivity contribution in [2.45, 2.75) is 66.0 Å². The number of hydrogen-bond acceptors (Lipinski definition) is 13. The highest BCUT2D eigenvalue weighted by atomic mass is 32.2. The molecule has 0 radical (unpaired) electrons. The SMILES string of the molecule is Cc1ccc(S(=O)(=O)OC([C@H]2OCOC[C@@H]2OS(=O)(=O)c2ccc(C)cc2)[C@H]2OCOC[C@H]2OS(=O)(=O)c2ccc(C)cc2)cc1. The molecular formula is C30H34O13S3. The third-order valence-corrected chi connectivity index (χ3v) is 11.3. The highest BCUT2D eigenvalue weighted by Gasteiger charge is 2.49. The molecule has 0 bridgehead atoms. The standard InChI is InChI=1S/C30H34O13S3/c1-20-4-10-23(11-5-20)44(31,32)41-26-16-37-18-39-28(26)30(43-46(35,36)25-14-8-22(3)9-15-25)29-27(17-38-19-40-29)42-45(33,34)24-12-6-21(2)7-13-24/h4-15,26-30H,16-19H2,1-3H3/t26-,27+,28-,29-,30?/m0/s1. The molecule has 1 unspecified atom stereocenters. The molecule has 0 aromatic heterocycles. The smallest absolute Gasteiger partial charge is 0.297 e. The molecule has 2 saturated heterocycles. The van der Waals surface area contributed by atoms with Gasteiger partial charge in [0.1, 0.15) is 44.1 Å². The van der Waals surface area contributed by atoms with Crippen LogP contribution < -0.4 is 0 Å². The van der Waals surface area contributed by atoms with Gasteiger partial charge in [-0.3, -0.25) is 12.5 Å². The van der Waals surface area contributed by atoms with Crippen LogP contribution in [0.2, 0.25) is 0 Å². The lowest BCUT2D eigenvalue weighted by Gasteiger charge is -2.41. The van der Waals surface area contributed by atoms with Crippen molar-refractivity contribution in [2.24, 2.45) is 0 Å². The summed E-state index contributed by atoms with van der Waals surface area (Å²) in [6.45, 7) is 3.92. The molecule has 13 nitrogen and oxygen atoms in total. The van der Waals surface area contributed by atoms with Crippen molar-refractivity contribution < 1.29 is 56.8 Å². The fourth-order valence-corrected chi connectivity index (χ4v) is 8.05. The minimum atomic E-state index is -4.57. The van der Waals surface area contributed by atoms with Crippen LogP contribution in [0.1, 0.15) is 16.7 Å². The Hall–Kier alpha value is -2.77. The first-order chi connectivity index (χ1) is 21.7. The quantitative estimate of drug-likeness (QED) is 0.269. The molecular weight excluding hydrogens is 665 g/mol. The molecule has 250 valence electrons. The minimum Gasteiger partial charge on any atom is -0.353 e. The first-order valence-corrected chi connectivity index (χ1v) is 18.4.